The van der Waals surface area contributed by atoms with Crippen molar-refractivity contribution in [3.63, 3.8) is 0 Å². The average Bonchev–Trinajstić information content (AvgIpc) is 2.45. The number of methoxy groups -OCH3 is 1. The van der Waals surface area contributed by atoms with Crippen LogP contribution in [0.5, 0.6) is 0 Å². The predicted molar refractivity (Wildman–Crippen MR) is 78.5 cm³/mol. The summed E-state index contributed by atoms with van der Waals surface area (Å²) in [6.45, 7) is 1.36. The van der Waals surface area contributed by atoms with E-state index in [1.807, 2.05) is 0 Å². The molecule has 0 heterocycles. The van der Waals surface area contributed by atoms with Crippen LogP contribution >= 0.6 is 0 Å². The molecular formula is C16H21NO4. The van der Waals surface area contributed by atoms with E-state index in [2.05, 4.69) is 5.32 Å². The first kappa shape index (κ1) is 15.5. The third-order valence-corrected chi connectivity index (χ3v) is 4.27. The van der Waals surface area contributed by atoms with Gasteiger partial charge in [-0.05, 0) is 48.9 Å². The minimum atomic E-state index is -0.991. The summed E-state index contributed by atoms with van der Waals surface area (Å²) in [6, 6.07) is 5.98. The topological polar surface area (TPSA) is 75.6 Å². The molecule has 0 unspecified atom stereocenters. The maximum atomic E-state index is 12.1. The molecule has 1 aliphatic carbocycles. The Hall–Kier alpha value is -1.88. The Morgan fingerprint density at radius 2 is 1.86 bits per heavy atom. The van der Waals surface area contributed by atoms with Gasteiger partial charge < -0.3 is 15.2 Å². The fourth-order valence-electron chi connectivity index (χ4n) is 2.64. The van der Waals surface area contributed by atoms with Crippen LogP contribution in [-0.2, 0) is 4.74 Å². The van der Waals surface area contributed by atoms with Crippen LogP contribution < -0.4 is 5.32 Å². The number of aromatic carboxylic acids is 1. The van der Waals surface area contributed by atoms with Crippen molar-refractivity contribution in [3.05, 3.63) is 35.4 Å². The first-order valence-corrected chi connectivity index (χ1v) is 7.17. The lowest BCUT2D eigenvalue weighted by Crippen LogP contribution is -2.42. The zero-order valence-electron chi connectivity index (χ0n) is 12.2. The number of rotatable bonds is 7. The molecule has 0 radical (unpaired) electrons. The Kier molecular flexibility index (Phi) is 4.96. The van der Waals surface area contributed by atoms with Crippen molar-refractivity contribution in [3.8, 4) is 0 Å². The molecule has 0 aromatic heterocycles. The molecule has 1 amide bonds. The third kappa shape index (κ3) is 3.82. The van der Waals surface area contributed by atoms with Gasteiger partial charge >= 0.3 is 5.97 Å². The Morgan fingerprint density at radius 3 is 2.33 bits per heavy atom. The van der Waals surface area contributed by atoms with Gasteiger partial charge in [0.25, 0.3) is 5.91 Å². The molecule has 2 rings (SSSR count). The van der Waals surface area contributed by atoms with Crippen LogP contribution in [0, 0.1) is 5.41 Å². The zero-order chi connectivity index (χ0) is 15.3. The highest BCUT2D eigenvalue weighted by atomic mass is 16.5. The molecule has 0 aliphatic heterocycles. The molecule has 0 saturated heterocycles. The van der Waals surface area contributed by atoms with Gasteiger partial charge in [0.15, 0.2) is 0 Å². The largest absolute Gasteiger partial charge is 0.478 e. The van der Waals surface area contributed by atoms with Gasteiger partial charge in [0.1, 0.15) is 0 Å². The predicted octanol–water partition coefficient (Wildman–Crippen LogP) is 2.32. The second-order valence-corrected chi connectivity index (χ2v) is 5.66. The number of nitrogens with one attached hydrogen (secondary N) is 1. The van der Waals surface area contributed by atoms with Crippen LogP contribution in [0.3, 0.4) is 0 Å². The number of carbonyl (C=O) groups is 2. The van der Waals surface area contributed by atoms with Crippen molar-refractivity contribution in [2.24, 2.45) is 5.41 Å². The molecule has 0 spiro atoms. The lowest BCUT2D eigenvalue weighted by Gasteiger charge is -2.42. The van der Waals surface area contributed by atoms with Gasteiger partial charge in [0.05, 0.1) is 5.56 Å². The Morgan fingerprint density at radius 1 is 1.24 bits per heavy atom. The number of hydrogen-bond donors (Lipinski definition) is 2. The first-order chi connectivity index (χ1) is 10.1. The van der Waals surface area contributed by atoms with Crippen LogP contribution in [0.25, 0.3) is 0 Å². The summed E-state index contributed by atoms with van der Waals surface area (Å²) in [7, 11) is 1.69. The molecule has 1 fully saturated rings. The molecule has 21 heavy (non-hydrogen) atoms. The molecule has 5 heteroatoms. The van der Waals surface area contributed by atoms with Crippen LogP contribution in [0.4, 0.5) is 0 Å². The standard InChI is InChI=1S/C16H21NO4/c1-21-10-9-16(7-2-8-16)11-17-14(18)12-3-5-13(6-4-12)15(19)20/h3-6H,2,7-11H2,1H3,(H,17,18)(H,19,20). The van der Waals surface area contributed by atoms with Gasteiger partial charge in [-0.1, -0.05) is 6.42 Å². The van der Waals surface area contributed by atoms with Gasteiger partial charge in [-0.2, -0.15) is 0 Å². The maximum absolute atomic E-state index is 12.1. The van der Waals surface area contributed by atoms with E-state index in [1.54, 1.807) is 19.2 Å². The normalized spacial score (nSPS) is 16.0. The SMILES string of the molecule is COCCC1(CNC(=O)c2ccc(C(=O)O)cc2)CCC1. The summed E-state index contributed by atoms with van der Waals surface area (Å²) in [5.74, 6) is -1.15. The number of hydrogen-bond acceptors (Lipinski definition) is 3. The highest BCUT2D eigenvalue weighted by molar-refractivity contribution is 5.95. The summed E-state index contributed by atoms with van der Waals surface area (Å²) in [5, 5.41) is 11.8. The summed E-state index contributed by atoms with van der Waals surface area (Å²) in [6.07, 6.45) is 4.40. The molecule has 0 bridgehead atoms. The summed E-state index contributed by atoms with van der Waals surface area (Å²) in [5.41, 5.74) is 0.843. The number of ether oxygens (including phenoxy) is 1. The molecule has 1 aromatic carbocycles. The monoisotopic (exact) mass is 291 g/mol. The average molecular weight is 291 g/mol. The summed E-state index contributed by atoms with van der Waals surface area (Å²) in [4.78, 5) is 22.9. The van der Waals surface area contributed by atoms with E-state index in [9.17, 15) is 9.59 Å². The van der Waals surface area contributed by atoms with Crippen molar-refractivity contribution < 1.29 is 19.4 Å². The van der Waals surface area contributed by atoms with E-state index in [4.69, 9.17) is 9.84 Å². The van der Waals surface area contributed by atoms with Crippen LogP contribution in [0.2, 0.25) is 0 Å². The van der Waals surface area contributed by atoms with E-state index in [-0.39, 0.29) is 16.9 Å². The van der Waals surface area contributed by atoms with Crippen molar-refractivity contribution in [2.75, 3.05) is 20.3 Å². The summed E-state index contributed by atoms with van der Waals surface area (Å²) < 4.78 is 5.13. The van der Waals surface area contributed by atoms with Crippen molar-refractivity contribution in [1.29, 1.82) is 0 Å². The highest BCUT2D eigenvalue weighted by Gasteiger charge is 2.36. The van der Waals surface area contributed by atoms with Crippen molar-refractivity contribution >= 4 is 11.9 Å². The van der Waals surface area contributed by atoms with E-state index >= 15 is 0 Å². The van der Waals surface area contributed by atoms with E-state index in [1.165, 1.54) is 18.6 Å². The molecule has 114 valence electrons. The quantitative estimate of drug-likeness (QED) is 0.808. The third-order valence-electron chi connectivity index (χ3n) is 4.27. The Bertz CT molecular complexity index is 506. The van der Waals surface area contributed by atoms with Gasteiger partial charge in [-0.15, -0.1) is 0 Å². The molecular weight excluding hydrogens is 270 g/mol. The maximum Gasteiger partial charge on any atom is 0.335 e. The van der Waals surface area contributed by atoms with Gasteiger partial charge in [-0.25, -0.2) is 4.79 Å². The zero-order valence-corrected chi connectivity index (χ0v) is 12.2. The van der Waals surface area contributed by atoms with E-state index < -0.39 is 5.97 Å². The van der Waals surface area contributed by atoms with Gasteiger partial charge in [0, 0.05) is 25.8 Å². The van der Waals surface area contributed by atoms with E-state index in [0.717, 1.165) is 19.3 Å². The Balaban J connectivity index is 1.90. The molecule has 0 atom stereocenters. The molecule has 2 N–H and O–H groups in total. The van der Waals surface area contributed by atoms with Crippen LogP contribution in [-0.4, -0.2) is 37.2 Å². The fourth-order valence-corrected chi connectivity index (χ4v) is 2.64. The molecule has 1 aliphatic rings. The lowest BCUT2D eigenvalue weighted by molar-refractivity contribution is 0.0631. The number of carbonyl (C=O) groups excluding carboxylic acids is 1. The highest BCUT2D eigenvalue weighted by Crippen LogP contribution is 2.43. The summed E-state index contributed by atoms with van der Waals surface area (Å²) >= 11 is 0. The van der Waals surface area contributed by atoms with Crippen molar-refractivity contribution in [2.45, 2.75) is 25.7 Å². The second-order valence-electron chi connectivity index (χ2n) is 5.66. The second kappa shape index (κ2) is 6.72. The molecule has 1 saturated carbocycles. The van der Waals surface area contributed by atoms with Crippen LogP contribution in [0.1, 0.15) is 46.4 Å². The minimum Gasteiger partial charge on any atom is -0.478 e. The smallest absolute Gasteiger partial charge is 0.335 e. The fraction of sp³-hybridized carbons (Fsp3) is 0.500. The first-order valence-electron chi connectivity index (χ1n) is 7.17. The van der Waals surface area contributed by atoms with Crippen molar-refractivity contribution in [1.82, 2.24) is 5.32 Å². The Labute approximate surface area is 124 Å². The number of amides is 1. The lowest BCUT2D eigenvalue weighted by atomic mass is 9.66. The number of benzene rings is 1. The number of carboxylic acid groups (broad SMARTS) is 1. The molecule has 5 nitrogen and oxygen atoms in total. The van der Waals surface area contributed by atoms with E-state index in [0.29, 0.717) is 18.7 Å². The van der Waals surface area contributed by atoms with Crippen LogP contribution in [0.15, 0.2) is 24.3 Å². The van der Waals surface area contributed by atoms with Gasteiger partial charge in [-0.3, -0.25) is 4.79 Å². The number of carboxylic acids is 1. The van der Waals surface area contributed by atoms with Gasteiger partial charge in [0.2, 0.25) is 0 Å². The molecule has 1 aromatic rings. The minimum absolute atomic E-state index is 0.157.